The average molecular weight is 401 g/mol. The number of benzene rings is 1. The van der Waals surface area contributed by atoms with Crippen LogP contribution in [0.5, 0.6) is 0 Å². The van der Waals surface area contributed by atoms with E-state index in [0.29, 0.717) is 6.61 Å². The SMILES string of the molecule is CCCSc1nc2sc3c(c2c(=O)n1-c1ccccc1C)CC(C)(C)OC3. The highest BCUT2D eigenvalue weighted by Gasteiger charge is 2.31. The molecule has 0 bridgehead atoms. The van der Waals surface area contributed by atoms with Gasteiger partial charge in [0.2, 0.25) is 0 Å². The zero-order valence-corrected chi connectivity index (χ0v) is 17.8. The summed E-state index contributed by atoms with van der Waals surface area (Å²) in [5.41, 5.74) is 2.91. The second-order valence-corrected chi connectivity index (χ2v) is 9.72. The van der Waals surface area contributed by atoms with Crippen molar-refractivity contribution in [3.63, 3.8) is 0 Å². The molecule has 0 aliphatic carbocycles. The minimum Gasteiger partial charge on any atom is -0.370 e. The van der Waals surface area contributed by atoms with Crippen molar-refractivity contribution < 1.29 is 4.74 Å². The maximum absolute atomic E-state index is 13.7. The second kappa shape index (κ2) is 7.08. The van der Waals surface area contributed by atoms with E-state index in [1.165, 1.54) is 0 Å². The Kier molecular flexibility index (Phi) is 4.91. The van der Waals surface area contributed by atoms with E-state index in [-0.39, 0.29) is 11.2 Å². The molecule has 0 atom stereocenters. The predicted octanol–water partition coefficient (Wildman–Crippen LogP) is 5.11. The van der Waals surface area contributed by atoms with Crippen molar-refractivity contribution in [1.82, 2.24) is 9.55 Å². The lowest BCUT2D eigenvalue weighted by molar-refractivity contribution is -0.0379. The molecule has 6 heteroatoms. The molecule has 4 nitrogen and oxygen atoms in total. The first-order valence-electron chi connectivity index (χ1n) is 9.31. The van der Waals surface area contributed by atoms with Crippen LogP contribution in [0.1, 0.15) is 43.2 Å². The second-order valence-electron chi connectivity index (χ2n) is 7.58. The Morgan fingerprint density at radius 2 is 2.11 bits per heavy atom. The Balaban J connectivity index is 2.01. The van der Waals surface area contributed by atoms with E-state index < -0.39 is 0 Å². The number of nitrogens with zero attached hydrogens (tertiary/aromatic N) is 2. The summed E-state index contributed by atoms with van der Waals surface area (Å²) in [5.74, 6) is 0.936. The highest BCUT2D eigenvalue weighted by Crippen LogP contribution is 2.38. The number of hydrogen-bond donors (Lipinski definition) is 0. The summed E-state index contributed by atoms with van der Waals surface area (Å²) in [6.07, 6.45) is 1.78. The average Bonchev–Trinajstić information content (AvgIpc) is 2.97. The van der Waals surface area contributed by atoms with E-state index in [1.807, 2.05) is 35.8 Å². The Bertz CT molecular complexity index is 1070. The molecule has 3 heterocycles. The van der Waals surface area contributed by atoms with Gasteiger partial charge in [0.1, 0.15) is 4.83 Å². The summed E-state index contributed by atoms with van der Waals surface area (Å²) >= 11 is 3.26. The molecular formula is C21H24N2O2S2. The van der Waals surface area contributed by atoms with Crippen molar-refractivity contribution in [2.45, 2.75) is 57.9 Å². The van der Waals surface area contributed by atoms with Gasteiger partial charge in [-0.05, 0) is 44.4 Å². The standard InChI is InChI=1S/C21H24N2O2S2/c1-5-10-26-20-22-18-17(14-11-21(3,4)25-12-16(14)27-18)19(24)23(20)15-9-7-6-8-13(15)2/h6-9H,5,10-12H2,1-4H3. The van der Waals surface area contributed by atoms with Crippen LogP contribution in [-0.2, 0) is 17.8 Å². The first-order valence-corrected chi connectivity index (χ1v) is 11.1. The van der Waals surface area contributed by atoms with Crippen LogP contribution in [0.4, 0.5) is 0 Å². The number of aryl methyl sites for hydroxylation is 1. The van der Waals surface area contributed by atoms with Gasteiger partial charge in [0, 0.05) is 17.1 Å². The van der Waals surface area contributed by atoms with Gasteiger partial charge in [-0.25, -0.2) is 4.98 Å². The number of thioether (sulfide) groups is 1. The van der Waals surface area contributed by atoms with Crippen molar-refractivity contribution in [3.8, 4) is 5.69 Å². The van der Waals surface area contributed by atoms with Crippen molar-refractivity contribution in [3.05, 3.63) is 50.6 Å². The van der Waals surface area contributed by atoms with E-state index in [9.17, 15) is 4.79 Å². The first-order chi connectivity index (χ1) is 12.9. The molecule has 1 aromatic carbocycles. The van der Waals surface area contributed by atoms with Gasteiger partial charge in [0.25, 0.3) is 5.56 Å². The van der Waals surface area contributed by atoms with E-state index >= 15 is 0 Å². The summed E-state index contributed by atoms with van der Waals surface area (Å²) in [4.78, 5) is 20.6. The lowest BCUT2D eigenvalue weighted by Gasteiger charge is -2.30. The third-order valence-electron chi connectivity index (χ3n) is 4.87. The number of fused-ring (bicyclic) bond motifs is 3. The molecule has 0 saturated heterocycles. The number of hydrogen-bond acceptors (Lipinski definition) is 5. The van der Waals surface area contributed by atoms with Crippen LogP contribution in [-0.4, -0.2) is 20.9 Å². The van der Waals surface area contributed by atoms with E-state index in [2.05, 4.69) is 20.8 Å². The quantitative estimate of drug-likeness (QED) is 0.451. The predicted molar refractivity (Wildman–Crippen MR) is 114 cm³/mol. The number of para-hydroxylation sites is 1. The van der Waals surface area contributed by atoms with Gasteiger partial charge in [-0.1, -0.05) is 36.9 Å². The fourth-order valence-corrected chi connectivity index (χ4v) is 5.49. The van der Waals surface area contributed by atoms with Crippen LogP contribution in [0.3, 0.4) is 0 Å². The van der Waals surface area contributed by atoms with Crippen molar-refractivity contribution in [1.29, 1.82) is 0 Å². The lowest BCUT2D eigenvalue weighted by atomic mass is 9.94. The fourth-order valence-electron chi connectivity index (χ4n) is 3.49. The topological polar surface area (TPSA) is 44.1 Å². The van der Waals surface area contributed by atoms with E-state index in [4.69, 9.17) is 9.72 Å². The van der Waals surface area contributed by atoms with Crippen molar-refractivity contribution in [2.24, 2.45) is 0 Å². The normalized spacial score (nSPS) is 15.9. The largest absolute Gasteiger partial charge is 0.370 e. The molecule has 27 heavy (non-hydrogen) atoms. The lowest BCUT2D eigenvalue weighted by Crippen LogP contribution is -2.32. The third-order valence-corrected chi connectivity index (χ3v) is 7.11. The van der Waals surface area contributed by atoms with E-state index in [1.54, 1.807) is 23.1 Å². The summed E-state index contributed by atoms with van der Waals surface area (Å²) in [6, 6.07) is 8.03. The minimum atomic E-state index is -0.253. The van der Waals surface area contributed by atoms with E-state index in [0.717, 1.165) is 55.7 Å². The number of ether oxygens (including phenoxy) is 1. The molecule has 0 spiro atoms. The molecule has 0 radical (unpaired) electrons. The molecule has 2 aromatic heterocycles. The molecule has 1 aliphatic heterocycles. The monoisotopic (exact) mass is 400 g/mol. The van der Waals surface area contributed by atoms with Gasteiger partial charge in [-0.2, -0.15) is 0 Å². The maximum atomic E-state index is 13.7. The van der Waals surface area contributed by atoms with Crippen LogP contribution in [0.15, 0.2) is 34.2 Å². The van der Waals surface area contributed by atoms with Crippen LogP contribution in [0, 0.1) is 6.92 Å². The number of thiophene rings is 1. The maximum Gasteiger partial charge on any atom is 0.267 e. The molecular weight excluding hydrogens is 376 g/mol. The van der Waals surface area contributed by atoms with Gasteiger partial charge in [0.05, 0.1) is 23.3 Å². The smallest absolute Gasteiger partial charge is 0.267 e. The molecule has 0 saturated carbocycles. The zero-order chi connectivity index (χ0) is 19.2. The Morgan fingerprint density at radius 3 is 2.85 bits per heavy atom. The number of aromatic nitrogens is 2. The Labute approximate surface area is 167 Å². The van der Waals surface area contributed by atoms with Gasteiger partial charge in [-0.15, -0.1) is 11.3 Å². The molecule has 142 valence electrons. The minimum absolute atomic E-state index is 0.0445. The van der Waals surface area contributed by atoms with Gasteiger partial charge in [-0.3, -0.25) is 9.36 Å². The molecule has 4 rings (SSSR count). The summed E-state index contributed by atoms with van der Waals surface area (Å²) in [5, 5.41) is 1.55. The molecule has 0 N–H and O–H groups in total. The summed E-state index contributed by atoms with van der Waals surface area (Å²) in [6.45, 7) is 8.91. The first kappa shape index (κ1) is 18.7. The summed E-state index contributed by atoms with van der Waals surface area (Å²) < 4.78 is 7.77. The number of rotatable bonds is 4. The van der Waals surface area contributed by atoms with Crippen molar-refractivity contribution in [2.75, 3.05) is 5.75 Å². The molecule has 0 amide bonds. The molecule has 3 aromatic rings. The molecule has 1 aliphatic rings. The van der Waals surface area contributed by atoms with Gasteiger partial charge < -0.3 is 4.74 Å². The molecule has 0 unspecified atom stereocenters. The fraction of sp³-hybridized carbons (Fsp3) is 0.429. The summed E-state index contributed by atoms with van der Waals surface area (Å²) in [7, 11) is 0. The van der Waals surface area contributed by atoms with Gasteiger partial charge >= 0.3 is 0 Å². The Hall–Kier alpha value is -1.63. The van der Waals surface area contributed by atoms with Crippen molar-refractivity contribution >= 4 is 33.3 Å². The van der Waals surface area contributed by atoms with Crippen LogP contribution in [0.25, 0.3) is 15.9 Å². The Morgan fingerprint density at radius 1 is 1.33 bits per heavy atom. The third kappa shape index (κ3) is 3.35. The highest BCUT2D eigenvalue weighted by atomic mass is 32.2. The highest BCUT2D eigenvalue weighted by molar-refractivity contribution is 7.99. The van der Waals surface area contributed by atoms with Crippen LogP contribution < -0.4 is 5.56 Å². The zero-order valence-electron chi connectivity index (χ0n) is 16.2. The van der Waals surface area contributed by atoms with Crippen LogP contribution >= 0.6 is 23.1 Å². The molecule has 0 fully saturated rings. The van der Waals surface area contributed by atoms with Crippen LogP contribution in [0.2, 0.25) is 0 Å². The van der Waals surface area contributed by atoms with Gasteiger partial charge in [0.15, 0.2) is 5.16 Å².